The summed E-state index contributed by atoms with van der Waals surface area (Å²) in [5.41, 5.74) is 1.27. The molecular formula is C16H16N4O2. The topological polar surface area (TPSA) is 94.0 Å². The number of nitrogens with zero attached hydrogens (tertiary/aromatic N) is 4. The third-order valence-electron chi connectivity index (χ3n) is 3.89. The van der Waals surface area contributed by atoms with Gasteiger partial charge in [-0.1, -0.05) is 6.92 Å². The molecule has 0 amide bonds. The zero-order valence-corrected chi connectivity index (χ0v) is 12.3. The SMILES string of the molecule is CC1CCN(c2ccc([N+](=O)[O-])cc2C=C(C#N)C#N)CC1. The van der Waals surface area contributed by atoms with E-state index in [0.717, 1.165) is 31.6 Å². The number of hydrogen-bond acceptors (Lipinski definition) is 5. The van der Waals surface area contributed by atoms with Gasteiger partial charge in [0, 0.05) is 36.5 Å². The van der Waals surface area contributed by atoms with Crippen LogP contribution < -0.4 is 4.90 Å². The molecule has 1 aliphatic heterocycles. The molecule has 1 saturated heterocycles. The van der Waals surface area contributed by atoms with Crippen LogP contribution >= 0.6 is 0 Å². The molecule has 22 heavy (non-hydrogen) atoms. The van der Waals surface area contributed by atoms with Crippen molar-refractivity contribution in [1.82, 2.24) is 0 Å². The number of anilines is 1. The van der Waals surface area contributed by atoms with Gasteiger partial charge in [-0.25, -0.2) is 0 Å². The highest BCUT2D eigenvalue weighted by Gasteiger charge is 2.20. The van der Waals surface area contributed by atoms with Crippen LogP contribution in [0.25, 0.3) is 6.08 Å². The molecule has 0 aromatic heterocycles. The molecule has 1 fully saturated rings. The van der Waals surface area contributed by atoms with Gasteiger partial charge in [-0.05, 0) is 30.9 Å². The van der Waals surface area contributed by atoms with Crippen LogP contribution in [0.2, 0.25) is 0 Å². The van der Waals surface area contributed by atoms with Gasteiger partial charge in [0.05, 0.1) is 4.92 Å². The number of piperidine rings is 1. The Balaban J connectivity index is 2.45. The molecule has 1 aliphatic rings. The van der Waals surface area contributed by atoms with Gasteiger partial charge in [-0.3, -0.25) is 10.1 Å². The van der Waals surface area contributed by atoms with Crippen molar-refractivity contribution >= 4 is 17.5 Å². The highest BCUT2D eigenvalue weighted by atomic mass is 16.6. The van der Waals surface area contributed by atoms with E-state index in [0.29, 0.717) is 11.5 Å². The van der Waals surface area contributed by atoms with E-state index in [1.54, 1.807) is 18.2 Å². The van der Waals surface area contributed by atoms with Gasteiger partial charge >= 0.3 is 0 Å². The molecule has 0 aliphatic carbocycles. The first-order valence-electron chi connectivity index (χ1n) is 7.10. The van der Waals surface area contributed by atoms with Crippen molar-refractivity contribution < 1.29 is 4.92 Å². The fourth-order valence-corrected chi connectivity index (χ4v) is 2.55. The van der Waals surface area contributed by atoms with E-state index in [9.17, 15) is 10.1 Å². The van der Waals surface area contributed by atoms with Crippen LogP contribution in [0.4, 0.5) is 11.4 Å². The number of nitro benzene ring substituents is 1. The first-order valence-corrected chi connectivity index (χ1v) is 7.10. The lowest BCUT2D eigenvalue weighted by molar-refractivity contribution is -0.384. The van der Waals surface area contributed by atoms with Gasteiger partial charge in [0.25, 0.3) is 5.69 Å². The van der Waals surface area contributed by atoms with Crippen molar-refractivity contribution in [3.63, 3.8) is 0 Å². The number of benzene rings is 1. The fourth-order valence-electron chi connectivity index (χ4n) is 2.55. The van der Waals surface area contributed by atoms with Crippen LogP contribution in [0, 0.1) is 38.7 Å². The van der Waals surface area contributed by atoms with E-state index >= 15 is 0 Å². The quantitative estimate of drug-likeness (QED) is 0.484. The van der Waals surface area contributed by atoms with Gasteiger partial charge < -0.3 is 4.90 Å². The zero-order chi connectivity index (χ0) is 16.1. The second-order valence-corrected chi connectivity index (χ2v) is 5.45. The van der Waals surface area contributed by atoms with E-state index < -0.39 is 4.92 Å². The monoisotopic (exact) mass is 296 g/mol. The van der Waals surface area contributed by atoms with Crippen LogP contribution in [0.15, 0.2) is 23.8 Å². The number of hydrogen-bond donors (Lipinski definition) is 0. The lowest BCUT2D eigenvalue weighted by Crippen LogP contribution is -2.33. The summed E-state index contributed by atoms with van der Waals surface area (Å²) in [6, 6.07) is 8.18. The molecule has 0 atom stereocenters. The second-order valence-electron chi connectivity index (χ2n) is 5.45. The van der Waals surface area contributed by atoms with E-state index in [1.807, 2.05) is 0 Å². The van der Waals surface area contributed by atoms with Crippen molar-refractivity contribution in [2.45, 2.75) is 19.8 Å². The predicted octanol–water partition coefficient (Wildman–Crippen LogP) is 3.26. The molecule has 0 spiro atoms. The van der Waals surface area contributed by atoms with Crippen molar-refractivity contribution in [3.8, 4) is 12.1 Å². The lowest BCUT2D eigenvalue weighted by Gasteiger charge is -2.33. The predicted molar refractivity (Wildman–Crippen MR) is 82.9 cm³/mol. The molecule has 6 heteroatoms. The summed E-state index contributed by atoms with van der Waals surface area (Å²) in [5.74, 6) is 0.669. The minimum atomic E-state index is -0.474. The van der Waals surface area contributed by atoms with Gasteiger partial charge in [-0.2, -0.15) is 10.5 Å². The molecule has 112 valence electrons. The number of nitro groups is 1. The summed E-state index contributed by atoms with van der Waals surface area (Å²) in [6.07, 6.45) is 3.54. The Morgan fingerprint density at radius 3 is 2.55 bits per heavy atom. The maximum absolute atomic E-state index is 10.9. The highest BCUT2D eigenvalue weighted by molar-refractivity contribution is 5.74. The first kappa shape index (κ1) is 15.5. The van der Waals surface area contributed by atoms with E-state index in [1.165, 1.54) is 18.2 Å². The normalized spacial score (nSPS) is 14.8. The number of allylic oxidation sites excluding steroid dienone is 1. The first-order chi connectivity index (χ1) is 10.5. The molecule has 0 saturated carbocycles. The van der Waals surface area contributed by atoms with Crippen LogP contribution in [0.1, 0.15) is 25.3 Å². The van der Waals surface area contributed by atoms with Gasteiger partial charge in [-0.15, -0.1) is 0 Å². The molecule has 1 heterocycles. The Bertz CT molecular complexity index is 673. The molecule has 2 rings (SSSR count). The van der Waals surface area contributed by atoms with Crippen molar-refractivity contribution in [3.05, 3.63) is 39.4 Å². The molecule has 6 nitrogen and oxygen atoms in total. The fraction of sp³-hybridized carbons (Fsp3) is 0.375. The van der Waals surface area contributed by atoms with E-state index in [4.69, 9.17) is 10.5 Å². The van der Waals surface area contributed by atoms with Gasteiger partial charge in [0.2, 0.25) is 0 Å². The Morgan fingerprint density at radius 2 is 2.00 bits per heavy atom. The minimum absolute atomic E-state index is 0.0457. The lowest BCUT2D eigenvalue weighted by atomic mass is 9.97. The summed E-state index contributed by atoms with van der Waals surface area (Å²) in [6.45, 7) is 3.94. The van der Waals surface area contributed by atoms with Crippen LogP contribution in [-0.4, -0.2) is 18.0 Å². The maximum atomic E-state index is 10.9. The Labute approximate surface area is 129 Å². The largest absolute Gasteiger partial charge is 0.371 e. The third-order valence-corrected chi connectivity index (χ3v) is 3.89. The third kappa shape index (κ3) is 3.42. The summed E-state index contributed by atoms with van der Waals surface area (Å²) in [4.78, 5) is 12.6. The Morgan fingerprint density at radius 1 is 1.36 bits per heavy atom. The summed E-state index contributed by atoms with van der Waals surface area (Å²) >= 11 is 0. The number of non-ortho nitro benzene ring substituents is 1. The number of rotatable bonds is 3. The average molecular weight is 296 g/mol. The standard InChI is InChI=1S/C16H16N4O2/c1-12-4-6-19(7-5-12)16-3-2-15(20(21)22)9-14(16)8-13(10-17)11-18/h2-3,8-9,12H,4-7H2,1H3. The van der Waals surface area contributed by atoms with E-state index in [-0.39, 0.29) is 11.3 Å². The Kier molecular flexibility index (Phi) is 4.75. The van der Waals surface area contributed by atoms with Crippen molar-refractivity contribution in [1.29, 1.82) is 10.5 Å². The van der Waals surface area contributed by atoms with Crippen LogP contribution in [-0.2, 0) is 0 Å². The number of nitriles is 2. The molecule has 1 aromatic rings. The molecule has 0 N–H and O–H groups in total. The van der Waals surface area contributed by atoms with Gasteiger partial charge in [0.15, 0.2) is 0 Å². The maximum Gasteiger partial charge on any atom is 0.270 e. The van der Waals surface area contributed by atoms with Crippen molar-refractivity contribution in [2.24, 2.45) is 5.92 Å². The zero-order valence-electron chi connectivity index (χ0n) is 12.3. The highest BCUT2D eigenvalue weighted by Crippen LogP contribution is 2.30. The molecule has 0 bridgehead atoms. The second kappa shape index (κ2) is 6.73. The van der Waals surface area contributed by atoms with E-state index in [2.05, 4.69) is 11.8 Å². The van der Waals surface area contributed by atoms with Crippen molar-refractivity contribution in [2.75, 3.05) is 18.0 Å². The summed E-state index contributed by atoms with van der Waals surface area (Å²) in [7, 11) is 0. The molecular weight excluding hydrogens is 280 g/mol. The summed E-state index contributed by atoms with van der Waals surface area (Å²) < 4.78 is 0. The molecule has 0 unspecified atom stereocenters. The molecule has 1 aromatic carbocycles. The van der Waals surface area contributed by atoms with Gasteiger partial charge in [0.1, 0.15) is 17.7 Å². The smallest absolute Gasteiger partial charge is 0.270 e. The minimum Gasteiger partial charge on any atom is -0.371 e. The average Bonchev–Trinajstić information content (AvgIpc) is 2.53. The Hall–Kier alpha value is -2.86. The molecule has 0 radical (unpaired) electrons. The van der Waals surface area contributed by atoms with Crippen LogP contribution in [0.5, 0.6) is 0 Å². The summed E-state index contributed by atoms with van der Waals surface area (Å²) in [5, 5.41) is 28.8. The van der Waals surface area contributed by atoms with Crippen LogP contribution in [0.3, 0.4) is 0 Å².